The van der Waals surface area contributed by atoms with Gasteiger partial charge in [-0.05, 0) is 28.8 Å². The summed E-state index contributed by atoms with van der Waals surface area (Å²) in [5, 5.41) is 9.18. The van der Waals surface area contributed by atoms with Crippen molar-refractivity contribution in [3.05, 3.63) is 21.9 Å². The number of nitrogens with zero attached hydrogens (tertiary/aromatic N) is 1. The Balaban J connectivity index is 2.47. The van der Waals surface area contributed by atoms with Crippen molar-refractivity contribution in [2.24, 2.45) is 7.05 Å². The van der Waals surface area contributed by atoms with Crippen molar-refractivity contribution in [1.82, 2.24) is 4.57 Å². The van der Waals surface area contributed by atoms with Gasteiger partial charge < -0.3 is 9.67 Å². The van der Waals surface area contributed by atoms with E-state index in [2.05, 4.69) is 15.9 Å². The molecule has 0 unspecified atom stereocenters. The van der Waals surface area contributed by atoms with Gasteiger partial charge in [-0.3, -0.25) is 0 Å². The number of rotatable bonds is 2. The standard InChI is InChI=1S/C11H14BrNO2/c1-13-6-8(12)9(11(14)15)10(13)7-4-2-3-5-7/h6-7H,2-5H2,1H3,(H,14,15). The Morgan fingerprint density at radius 3 is 2.67 bits per heavy atom. The monoisotopic (exact) mass is 271 g/mol. The number of hydrogen-bond acceptors (Lipinski definition) is 1. The molecule has 0 atom stereocenters. The molecule has 0 radical (unpaired) electrons. The molecule has 1 fully saturated rings. The van der Waals surface area contributed by atoms with Crippen LogP contribution in [0.25, 0.3) is 0 Å². The van der Waals surface area contributed by atoms with Crippen LogP contribution in [0.3, 0.4) is 0 Å². The molecule has 1 N–H and O–H groups in total. The second-order valence-corrected chi connectivity index (χ2v) is 4.99. The van der Waals surface area contributed by atoms with Gasteiger partial charge in [0.05, 0.1) is 10.0 Å². The van der Waals surface area contributed by atoms with Gasteiger partial charge in [0.15, 0.2) is 0 Å². The van der Waals surface area contributed by atoms with Crippen LogP contribution < -0.4 is 0 Å². The van der Waals surface area contributed by atoms with E-state index in [1.165, 1.54) is 12.8 Å². The lowest BCUT2D eigenvalue weighted by Gasteiger charge is -2.12. The van der Waals surface area contributed by atoms with E-state index >= 15 is 0 Å². The average Bonchev–Trinajstić information content (AvgIpc) is 2.71. The predicted molar refractivity (Wildman–Crippen MR) is 61.3 cm³/mol. The van der Waals surface area contributed by atoms with Crippen molar-refractivity contribution in [1.29, 1.82) is 0 Å². The first-order valence-corrected chi connectivity index (χ1v) is 5.98. The van der Waals surface area contributed by atoms with E-state index in [0.717, 1.165) is 18.5 Å². The van der Waals surface area contributed by atoms with E-state index in [0.29, 0.717) is 16.0 Å². The summed E-state index contributed by atoms with van der Waals surface area (Å²) >= 11 is 3.31. The number of aromatic nitrogens is 1. The van der Waals surface area contributed by atoms with E-state index in [9.17, 15) is 9.90 Å². The second-order valence-electron chi connectivity index (χ2n) is 4.13. The normalized spacial score (nSPS) is 17.2. The number of carbonyl (C=O) groups is 1. The second kappa shape index (κ2) is 4.00. The van der Waals surface area contributed by atoms with Gasteiger partial charge in [-0.2, -0.15) is 0 Å². The summed E-state index contributed by atoms with van der Waals surface area (Å²) in [4.78, 5) is 11.2. The Hall–Kier alpha value is -0.770. The molecule has 0 bridgehead atoms. The molecule has 0 saturated heterocycles. The molecule has 82 valence electrons. The summed E-state index contributed by atoms with van der Waals surface area (Å²) in [7, 11) is 1.92. The van der Waals surface area contributed by atoms with Crippen LogP contribution in [0.15, 0.2) is 10.7 Å². The SMILES string of the molecule is Cn1cc(Br)c(C(=O)O)c1C1CCCC1. The quantitative estimate of drug-likeness (QED) is 0.898. The van der Waals surface area contributed by atoms with Crippen LogP contribution >= 0.6 is 15.9 Å². The molecule has 0 aromatic carbocycles. The van der Waals surface area contributed by atoms with Crippen LogP contribution in [0.2, 0.25) is 0 Å². The third kappa shape index (κ3) is 1.83. The first-order valence-electron chi connectivity index (χ1n) is 5.19. The van der Waals surface area contributed by atoms with Crippen molar-refractivity contribution >= 4 is 21.9 Å². The lowest BCUT2D eigenvalue weighted by atomic mass is 10.0. The molecule has 4 heteroatoms. The largest absolute Gasteiger partial charge is 0.478 e. The summed E-state index contributed by atoms with van der Waals surface area (Å²) in [6, 6.07) is 0. The van der Waals surface area contributed by atoms with Crippen LogP contribution in [-0.2, 0) is 7.05 Å². The number of carboxylic acid groups (broad SMARTS) is 1. The number of hydrogen-bond donors (Lipinski definition) is 1. The van der Waals surface area contributed by atoms with Crippen LogP contribution in [-0.4, -0.2) is 15.6 Å². The van der Waals surface area contributed by atoms with Crippen LogP contribution in [0, 0.1) is 0 Å². The average molecular weight is 272 g/mol. The third-order valence-corrected chi connectivity index (χ3v) is 3.74. The maximum atomic E-state index is 11.2. The number of aryl methyl sites for hydroxylation is 1. The summed E-state index contributed by atoms with van der Waals surface area (Å²) in [6.07, 6.45) is 6.51. The lowest BCUT2D eigenvalue weighted by Crippen LogP contribution is -2.07. The molecule has 1 saturated carbocycles. The Morgan fingerprint density at radius 1 is 1.53 bits per heavy atom. The molecule has 0 amide bonds. The minimum absolute atomic E-state index is 0.424. The molecule has 1 aliphatic rings. The van der Waals surface area contributed by atoms with Crippen molar-refractivity contribution in [3.63, 3.8) is 0 Å². The highest BCUT2D eigenvalue weighted by atomic mass is 79.9. The molecule has 1 aromatic heterocycles. The van der Waals surface area contributed by atoms with E-state index in [-0.39, 0.29) is 0 Å². The molecule has 3 nitrogen and oxygen atoms in total. The molecular weight excluding hydrogens is 258 g/mol. The Labute approximate surface area is 97.2 Å². The first-order chi connectivity index (χ1) is 7.11. The predicted octanol–water partition coefficient (Wildman–Crippen LogP) is 3.14. The Morgan fingerprint density at radius 2 is 2.13 bits per heavy atom. The number of carboxylic acids is 1. The highest BCUT2D eigenvalue weighted by Crippen LogP contribution is 2.38. The highest BCUT2D eigenvalue weighted by Gasteiger charge is 2.27. The molecule has 1 heterocycles. The fourth-order valence-electron chi connectivity index (χ4n) is 2.51. The zero-order valence-corrected chi connectivity index (χ0v) is 10.2. The molecule has 1 aromatic rings. The van der Waals surface area contributed by atoms with Gasteiger partial charge in [-0.25, -0.2) is 4.79 Å². The van der Waals surface area contributed by atoms with Crippen LogP contribution in [0.4, 0.5) is 0 Å². The lowest BCUT2D eigenvalue weighted by molar-refractivity contribution is 0.0694. The van der Waals surface area contributed by atoms with E-state index in [1.807, 2.05) is 17.8 Å². The van der Waals surface area contributed by atoms with Gasteiger partial charge in [0, 0.05) is 24.9 Å². The van der Waals surface area contributed by atoms with Crippen molar-refractivity contribution < 1.29 is 9.90 Å². The molecule has 1 aliphatic carbocycles. The van der Waals surface area contributed by atoms with Crippen molar-refractivity contribution in [3.8, 4) is 0 Å². The Bertz CT molecular complexity index is 392. The molecule has 0 spiro atoms. The zero-order chi connectivity index (χ0) is 11.0. The summed E-state index contributed by atoms with van der Waals surface area (Å²) in [5.41, 5.74) is 1.43. The first kappa shape index (κ1) is 10.7. The van der Waals surface area contributed by atoms with Gasteiger partial charge in [-0.1, -0.05) is 12.8 Å². The van der Waals surface area contributed by atoms with E-state index < -0.39 is 5.97 Å². The number of halogens is 1. The van der Waals surface area contributed by atoms with E-state index in [1.54, 1.807) is 0 Å². The van der Waals surface area contributed by atoms with Crippen molar-refractivity contribution in [2.45, 2.75) is 31.6 Å². The van der Waals surface area contributed by atoms with Crippen LogP contribution in [0.5, 0.6) is 0 Å². The van der Waals surface area contributed by atoms with Gasteiger partial charge in [0.25, 0.3) is 0 Å². The summed E-state index contributed by atoms with van der Waals surface area (Å²) in [6.45, 7) is 0. The Kier molecular flexibility index (Phi) is 2.87. The summed E-state index contributed by atoms with van der Waals surface area (Å²) < 4.78 is 2.64. The fourth-order valence-corrected chi connectivity index (χ4v) is 3.19. The van der Waals surface area contributed by atoms with Crippen molar-refractivity contribution in [2.75, 3.05) is 0 Å². The molecule has 15 heavy (non-hydrogen) atoms. The molecule has 2 rings (SSSR count). The molecular formula is C11H14BrNO2. The number of aromatic carboxylic acids is 1. The van der Waals surface area contributed by atoms with Gasteiger partial charge >= 0.3 is 5.97 Å². The van der Waals surface area contributed by atoms with Gasteiger partial charge in [0.1, 0.15) is 0 Å². The van der Waals surface area contributed by atoms with Gasteiger partial charge in [0.2, 0.25) is 0 Å². The maximum Gasteiger partial charge on any atom is 0.338 e. The fraction of sp³-hybridized carbons (Fsp3) is 0.545. The third-order valence-electron chi connectivity index (χ3n) is 3.14. The van der Waals surface area contributed by atoms with Crippen LogP contribution in [0.1, 0.15) is 47.7 Å². The highest BCUT2D eigenvalue weighted by molar-refractivity contribution is 9.10. The van der Waals surface area contributed by atoms with E-state index in [4.69, 9.17) is 0 Å². The smallest absolute Gasteiger partial charge is 0.338 e. The maximum absolute atomic E-state index is 11.2. The topological polar surface area (TPSA) is 42.2 Å². The van der Waals surface area contributed by atoms with Gasteiger partial charge in [-0.15, -0.1) is 0 Å². The molecule has 0 aliphatic heterocycles. The minimum Gasteiger partial charge on any atom is -0.478 e. The summed E-state index contributed by atoms with van der Waals surface area (Å²) in [5.74, 6) is -0.406. The minimum atomic E-state index is -0.829. The zero-order valence-electron chi connectivity index (χ0n) is 8.66.